The van der Waals surface area contributed by atoms with Gasteiger partial charge in [0.2, 0.25) is 15.9 Å². The predicted octanol–water partition coefficient (Wildman–Crippen LogP) is 2.58. The van der Waals surface area contributed by atoms with Gasteiger partial charge in [0.25, 0.3) is 0 Å². The zero-order valence-corrected chi connectivity index (χ0v) is 17.8. The van der Waals surface area contributed by atoms with Gasteiger partial charge in [0.1, 0.15) is 0 Å². The Morgan fingerprint density at radius 2 is 2.07 bits per heavy atom. The number of hydrogen-bond acceptors (Lipinski definition) is 4. The molecular weight excluding hydrogens is 388 g/mol. The first-order valence-corrected chi connectivity index (χ1v) is 11.7. The molecule has 8 heteroatoms. The van der Waals surface area contributed by atoms with Gasteiger partial charge >= 0.3 is 0 Å². The Labute approximate surface area is 173 Å². The number of carbonyl (C=O) groups excluding carboxylic acids is 1. The third-order valence-corrected chi connectivity index (χ3v) is 7.24. The minimum Gasteiger partial charge on any atom is -0.356 e. The van der Waals surface area contributed by atoms with Crippen molar-refractivity contribution in [1.29, 1.82) is 0 Å². The normalized spacial score (nSPS) is 17.9. The van der Waals surface area contributed by atoms with Crippen LogP contribution in [0.2, 0.25) is 0 Å². The van der Waals surface area contributed by atoms with Crippen molar-refractivity contribution in [3.63, 3.8) is 0 Å². The summed E-state index contributed by atoms with van der Waals surface area (Å²) in [6.45, 7) is 4.38. The fraction of sp³-hybridized carbons (Fsp3) is 0.524. The summed E-state index contributed by atoms with van der Waals surface area (Å²) >= 11 is 0. The van der Waals surface area contributed by atoms with E-state index in [1.54, 1.807) is 22.6 Å². The number of piperidine rings is 1. The summed E-state index contributed by atoms with van der Waals surface area (Å²) in [4.78, 5) is 12.5. The quantitative estimate of drug-likeness (QED) is 0.635. The molecule has 3 rings (SSSR count). The molecule has 1 aromatic carbocycles. The van der Waals surface area contributed by atoms with Crippen molar-refractivity contribution in [3.05, 3.63) is 48.3 Å². The van der Waals surface area contributed by atoms with E-state index in [1.165, 1.54) is 0 Å². The van der Waals surface area contributed by atoms with Gasteiger partial charge < -0.3 is 5.32 Å². The van der Waals surface area contributed by atoms with E-state index in [9.17, 15) is 13.2 Å². The number of aryl methyl sites for hydroxylation is 2. The maximum Gasteiger partial charge on any atom is 0.243 e. The second-order valence-corrected chi connectivity index (χ2v) is 9.63. The van der Waals surface area contributed by atoms with Crippen molar-refractivity contribution >= 4 is 15.9 Å². The third-order valence-electron chi connectivity index (χ3n) is 5.37. The van der Waals surface area contributed by atoms with Gasteiger partial charge in [-0.05, 0) is 56.7 Å². The summed E-state index contributed by atoms with van der Waals surface area (Å²) in [7, 11) is -3.46. The molecule has 0 radical (unpaired) electrons. The minimum absolute atomic E-state index is 0.0315. The molecule has 1 fully saturated rings. The van der Waals surface area contributed by atoms with Crippen LogP contribution in [0.5, 0.6) is 0 Å². The number of rotatable bonds is 9. The first-order chi connectivity index (χ1) is 13.9. The molecule has 1 aliphatic rings. The number of amides is 1. The van der Waals surface area contributed by atoms with Crippen molar-refractivity contribution in [2.24, 2.45) is 5.92 Å². The van der Waals surface area contributed by atoms with Crippen molar-refractivity contribution in [2.75, 3.05) is 19.6 Å². The number of carbonyl (C=O) groups is 1. The molecule has 2 heterocycles. The van der Waals surface area contributed by atoms with E-state index in [4.69, 9.17) is 0 Å². The first kappa shape index (κ1) is 21.5. The molecule has 1 aliphatic heterocycles. The van der Waals surface area contributed by atoms with E-state index in [0.717, 1.165) is 31.4 Å². The molecule has 0 spiro atoms. The summed E-state index contributed by atoms with van der Waals surface area (Å²) in [5.74, 6) is 0.253. The number of nitrogens with one attached hydrogen (secondary N) is 1. The lowest BCUT2D eigenvalue weighted by Crippen LogP contribution is -2.40. The Hall–Kier alpha value is -2.19. The van der Waals surface area contributed by atoms with E-state index in [0.29, 0.717) is 37.4 Å². The van der Waals surface area contributed by atoms with E-state index in [-0.39, 0.29) is 11.8 Å². The fourth-order valence-corrected chi connectivity index (χ4v) is 5.22. The smallest absolute Gasteiger partial charge is 0.243 e. The standard InChI is InChI=1S/C21H30N4O3S/c1-18-6-9-20(10-7-18)29(27,28)25-16-2-5-19(17-25)8-11-21(26)22-12-3-14-24-15-4-13-23-24/h4,6-7,9-10,13,15,19H,2-3,5,8,11-12,14,16-17H2,1H3,(H,22,26). The van der Waals surface area contributed by atoms with Crippen molar-refractivity contribution in [3.8, 4) is 0 Å². The van der Waals surface area contributed by atoms with E-state index in [1.807, 2.05) is 36.0 Å². The topological polar surface area (TPSA) is 84.3 Å². The Morgan fingerprint density at radius 1 is 1.28 bits per heavy atom. The molecule has 1 saturated heterocycles. The van der Waals surface area contributed by atoms with Gasteiger partial charge in [0, 0.05) is 45.0 Å². The molecule has 1 amide bonds. The Kier molecular flexibility index (Phi) is 7.44. The predicted molar refractivity (Wildman–Crippen MR) is 112 cm³/mol. The summed E-state index contributed by atoms with van der Waals surface area (Å²) < 4.78 is 29.2. The van der Waals surface area contributed by atoms with Crippen LogP contribution in [0.4, 0.5) is 0 Å². The zero-order valence-electron chi connectivity index (χ0n) is 17.0. The van der Waals surface area contributed by atoms with Crippen LogP contribution in [0.15, 0.2) is 47.6 Å². The number of nitrogens with zero attached hydrogens (tertiary/aromatic N) is 3. The van der Waals surface area contributed by atoms with Gasteiger partial charge in [-0.2, -0.15) is 9.40 Å². The summed E-state index contributed by atoms with van der Waals surface area (Å²) in [6.07, 6.45) is 7.43. The largest absolute Gasteiger partial charge is 0.356 e. The zero-order chi connectivity index (χ0) is 20.7. The van der Waals surface area contributed by atoms with E-state index < -0.39 is 10.0 Å². The average molecular weight is 419 g/mol. The molecule has 1 aromatic heterocycles. The maximum atomic E-state index is 12.9. The van der Waals surface area contributed by atoms with E-state index >= 15 is 0 Å². The molecule has 158 valence electrons. The van der Waals surface area contributed by atoms with Gasteiger partial charge in [-0.15, -0.1) is 0 Å². The van der Waals surface area contributed by atoms with Gasteiger partial charge in [-0.1, -0.05) is 17.7 Å². The fourth-order valence-electron chi connectivity index (χ4n) is 3.67. The molecule has 0 aliphatic carbocycles. The Morgan fingerprint density at radius 3 is 2.79 bits per heavy atom. The van der Waals surface area contributed by atoms with E-state index in [2.05, 4.69) is 10.4 Å². The highest BCUT2D eigenvalue weighted by Crippen LogP contribution is 2.26. The van der Waals surface area contributed by atoms with Gasteiger partial charge in [0.15, 0.2) is 0 Å². The SMILES string of the molecule is Cc1ccc(S(=O)(=O)N2CCCC(CCC(=O)NCCCn3cccn3)C2)cc1. The van der Waals surface area contributed by atoms with Crippen LogP contribution >= 0.6 is 0 Å². The number of aromatic nitrogens is 2. The highest BCUT2D eigenvalue weighted by atomic mass is 32.2. The monoisotopic (exact) mass is 418 g/mol. The molecule has 7 nitrogen and oxygen atoms in total. The molecule has 1 atom stereocenters. The number of hydrogen-bond donors (Lipinski definition) is 1. The summed E-state index contributed by atoms with van der Waals surface area (Å²) in [5, 5.41) is 7.08. The van der Waals surface area contributed by atoms with Crippen LogP contribution in [-0.4, -0.2) is 48.0 Å². The van der Waals surface area contributed by atoms with Crippen molar-refractivity contribution in [2.45, 2.75) is 50.5 Å². The average Bonchev–Trinajstić information content (AvgIpc) is 3.24. The molecule has 1 N–H and O–H groups in total. The number of sulfonamides is 1. The third kappa shape index (κ3) is 6.14. The van der Waals surface area contributed by atoms with Crippen LogP contribution in [0.25, 0.3) is 0 Å². The van der Waals surface area contributed by atoms with Crippen molar-refractivity contribution < 1.29 is 13.2 Å². The summed E-state index contributed by atoms with van der Waals surface area (Å²) in [6, 6.07) is 8.87. The highest BCUT2D eigenvalue weighted by molar-refractivity contribution is 7.89. The lowest BCUT2D eigenvalue weighted by atomic mass is 9.94. The molecule has 0 saturated carbocycles. The lowest BCUT2D eigenvalue weighted by Gasteiger charge is -2.32. The number of benzene rings is 1. The second-order valence-electron chi connectivity index (χ2n) is 7.70. The van der Waals surface area contributed by atoms with Gasteiger partial charge in [-0.25, -0.2) is 8.42 Å². The van der Waals surface area contributed by atoms with Crippen molar-refractivity contribution in [1.82, 2.24) is 19.4 Å². The maximum absolute atomic E-state index is 12.9. The second kappa shape index (κ2) is 10.0. The lowest BCUT2D eigenvalue weighted by molar-refractivity contribution is -0.121. The first-order valence-electron chi connectivity index (χ1n) is 10.3. The Bertz CT molecular complexity index is 879. The van der Waals surface area contributed by atoms with Gasteiger partial charge in [-0.3, -0.25) is 9.48 Å². The molecule has 0 bridgehead atoms. The van der Waals surface area contributed by atoms with Crippen LogP contribution in [0, 0.1) is 12.8 Å². The van der Waals surface area contributed by atoms with Crippen LogP contribution in [-0.2, 0) is 21.4 Å². The highest BCUT2D eigenvalue weighted by Gasteiger charge is 2.30. The van der Waals surface area contributed by atoms with Crippen LogP contribution in [0.3, 0.4) is 0 Å². The van der Waals surface area contributed by atoms with Crippen LogP contribution < -0.4 is 5.32 Å². The van der Waals surface area contributed by atoms with Gasteiger partial charge in [0.05, 0.1) is 4.90 Å². The van der Waals surface area contributed by atoms with Crippen LogP contribution in [0.1, 0.15) is 37.7 Å². The summed E-state index contributed by atoms with van der Waals surface area (Å²) in [5.41, 5.74) is 1.04. The Balaban J connectivity index is 1.42. The molecule has 29 heavy (non-hydrogen) atoms. The molecular formula is C21H30N4O3S. The minimum atomic E-state index is -3.46. The molecule has 1 unspecified atom stereocenters. The molecule has 2 aromatic rings.